The number of amides is 1. The van der Waals surface area contributed by atoms with Crippen molar-refractivity contribution in [2.45, 2.75) is 6.54 Å². The fraction of sp³-hybridized carbons (Fsp3) is 0.125. The second-order valence-corrected chi connectivity index (χ2v) is 4.98. The number of hydrogen-bond acceptors (Lipinski definition) is 4. The summed E-state index contributed by atoms with van der Waals surface area (Å²) >= 11 is 5.77. The first-order valence-corrected chi connectivity index (χ1v) is 6.97. The van der Waals surface area contributed by atoms with Crippen LogP contribution >= 0.6 is 11.6 Å². The summed E-state index contributed by atoms with van der Waals surface area (Å²) in [5.41, 5.74) is 7.10. The number of carbonyl (C=O) groups excluding carboxylic acids is 2. The first kappa shape index (κ1) is 15.9. The molecule has 0 bridgehead atoms. The molecule has 114 valence electrons. The lowest BCUT2D eigenvalue weighted by molar-refractivity contribution is -0.124. The van der Waals surface area contributed by atoms with E-state index in [-0.39, 0.29) is 23.8 Å². The van der Waals surface area contributed by atoms with E-state index in [0.717, 1.165) is 5.56 Å². The molecule has 0 spiro atoms. The van der Waals surface area contributed by atoms with E-state index in [1.807, 2.05) is 30.3 Å². The van der Waals surface area contributed by atoms with Crippen molar-refractivity contribution in [2.24, 2.45) is 0 Å². The van der Waals surface area contributed by atoms with Gasteiger partial charge in [-0.15, -0.1) is 0 Å². The maximum Gasteiger partial charge on any atom is 0.338 e. The van der Waals surface area contributed by atoms with Crippen molar-refractivity contribution in [1.82, 2.24) is 5.32 Å². The summed E-state index contributed by atoms with van der Waals surface area (Å²) in [4.78, 5) is 23.4. The lowest BCUT2D eigenvalue weighted by Crippen LogP contribution is -2.28. The summed E-state index contributed by atoms with van der Waals surface area (Å²) in [6.07, 6.45) is 0. The SMILES string of the molecule is Nc1cc(C(=O)OCC(=O)NCc2ccccc2)ccc1Cl. The molecule has 0 fully saturated rings. The van der Waals surface area contributed by atoms with Crippen molar-refractivity contribution in [1.29, 1.82) is 0 Å². The fourth-order valence-electron chi connectivity index (χ4n) is 1.73. The molecule has 5 nitrogen and oxygen atoms in total. The Bertz CT molecular complexity index is 674. The van der Waals surface area contributed by atoms with E-state index in [1.165, 1.54) is 18.2 Å². The van der Waals surface area contributed by atoms with Crippen LogP contribution in [-0.2, 0) is 16.1 Å². The van der Waals surface area contributed by atoms with Gasteiger partial charge in [0.15, 0.2) is 6.61 Å². The highest BCUT2D eigenvalue weighted by atomic mass is 35.5. The number of anilines is 1. The second-order valence-electron chi connectivity index (χ2n) is 4.57. The Morgan fingerprint density at radius 3 is 2.55 bits per heavy atom. The van der Waals surface area contributed by atoms with Crippen LogP contribution in [0.3, 0.4) is 0 Å². The minimum absolute atomic E-state index is 0.248. The summed E-state index contributed by atoms with van der Waals surface area (Å²) < 4.78 is 4.92. The summed E-state index contributed by atoms with van der Waals surface area (Å²) in [6, 6.07) is 13.8. The Morgan fingerprint density at radius 1 is 1.14 bits per heavy atom. The van der Waals surface area contributed by atoms with Gasteiger partial charge >= 0.3 is 5.97 Å². The van der Waals surface area contributed by atoms with Crippen molar-refractivity contribution in [3.05, 3.63) is 64.7 Å². The van der Waals surface area contributed by atoms with E-state index < -0.39 is 5.97 Å². The van der Waals surface area contributed by atoms with Crippen molar-refractivity contribution < 1.29 is 14.3 Å². The van der Waals surface area contributed by atoms with E-state index in [4.69, 9.17) is 22.1 Å². The molecule has 1 amide bonds. The third-order valence-corrected chi connectivity index (χ3v) is 3.24. The molecule has 0 saturated heterocycles. The molecule has 0 saturated carbocycles. The van der Waals surface area contributed by atoms with Gasteiger partial charge in [-0.3, -0.25) is 4.79 Å². The van der Waals surface area contributed by atoms with Gasteiger partial charge in [-0.2, -0.15) is 0 Å². The van der Waals surface area contributed by atoms with Crippen LogP contribution in [0.2, 0.25) is 5.02 Å². The van der Waals surface area contributed by atoms with E-state index in [9.17, 15) is 9.59 Å². The fourth-order valence-corrected chi connectivity index (χ4v) is 1.85. The van der Waals surface area contributed by atoms with E-state index in [2.05, 4.69) is 5.32 Å². The largest absolute Gasteiger partial charge is 0.452 e. The number of halogens is 1. The van der Waals surface area contributed by atoms with Gasteiger partial charge in [-0.1, -0.05) is 41.9 Å². The van der Waals surface area contributed by atoms with Gasteiger partial charge < -0.3 is 15.8 Å². The first-order chi connectivity index (χ1) is 10.6. The third kappa shape index (κ3) is 4.49. The van der Waals surface area contributed by atoms with Crippen LogP contribution in [-0.4, -0.2) is 18.5 Å². The summed E-state index contributed by atoms with van der Waals surface area (Å²) in [5.74, 6) is -1.00. The Labute approximate surface area is 133 Å². The van der Waals surface area contributed by atoms with Gasteiger partial charge in [0.05, 0.1) is 16.3 Å². The number of nitrogens with one attached hydrogen (secondary N) is 1. The average molecular weight is 319 g/mol. The molecule has 0 heterocycles. The summed E-state index contributed by atoms with van der Waals surface area (Å²) in [7, 11) is 0. The molecule has 6 heteroatoms. The van der Waals surface area contributed by atoms with E-state index >= 15 is 0 Å². The molecular weight excluding hydrogens is 304 g/mol. The normalized spacial score (nSPS) is 10.0. The molecule has 0 aliphatic heterocycles. The van der Waals surface area contributed by atoms with Crippen LogP contribution in [0.5, 0.6) is 0 Å². The standard InChI is InChI=1S/C16H15ClN2O3/c17-13-7-6-12(8-14(13)18)16(21)22-10-15(20)19-9-11-4-2-1-3-5-11/h1-8H,9-10,18H2,(H,19,20). The number of nitrogens with two attached hydrogens (primary N) is 1. The maximum atomic E-state index is 11.8. The Hall–Kier alpha value is -2.53. The molecule has 2 aromatic carbocycles. The number of nitrogen functional groups attached to an aromatic ring is 1. The molecule has 2 rings (SSSR count). The van der Waals surface area contributed by atoms with Gasteiger partial charge in [0, 0.05) is 6.54 Å². The molecule has 22 heavy (non-hydrogen) atoms. The molecule has 0 aliphatic rings. The number of ether oxygens (including phenoxy) is 1. The van der Waals surface area contributed by atoms with Crippen LogP contribution in [0.15, 0.2) is 48.5 Å². The van der Waals surface area contributed by atoms with E-state index in [1.54, 1.807) is 0 Å². The van der Waals surface area contributed by atoms with E-state index in [0.29, 0.717) is 11.6 Å². The maximum absolute atomic E-state index is 11.8. The smallest absolute Gasteiger partial charge is 0.338 e. The highest BCUT2D eigenvalue weighted by Crippen LogP contribution is 2.19. The lowest BCUT2D eigenvalue weighted by atomic mass is 10.2. The van der Waals surface area contributed by atoms with Gasteiger partial charge in [-0.25, -0.2) is 4.79 Å². The zero-order valence-electron chi connectivity index (χ0n) is 11.7. The predicted octanol–water partition coefficient (Wildman–Crippen LogP) is 2.40. The Balaban J connectivity index is 1.80. The van der Waals surface area contributed by atoms with Gasteiger partial charge in [0.1, 0.15) is 0 Å². The molecule has 0 aromatic heterocycles. The van der Waals surface area contributed by atoms with Crippen LogP contribution in [0, 0.1) is 0 Å². The van der Waals surface area contributed by atoms with Crippen LogP contribution < -0.4 is 11.1 Å². The molecule has 0 atom stereocenters. The van der Waals surface area contributed by atoms with Crippen LogP contribution in [0.4, 0.5) is 5.69 Å². The Kier molecular flexibility index (Phi) is 5.38. The predicted molar refractivity (Wildman–Crippen MR) is 84.4 cm³/mol. The monoisotopic (exact) mass is 318 g/mol. The minimum atomic E-state index is -0.627. The molecular formula is C16H15ClN2O3. The number of benzene rings is 2. The lowest BCUT2D eigenvalue weighted by Gasteiger charge is -2.07. The minimum Gasteiger partial charge on any atom is -0.452 e. The molecule has 0 unspecified atom stereocenters. The van der Waals surface area contributed by atoms with Crippen molar-refractivity contribution >= 4 is 29.2 Å². The third-order valence-electron chi connectivity index (χ3n) is 2.90. The summed E-state index contributed by atoms with van der Waals surface area (Å²) in [5, 5.41) is 3.02. The number of hydrogen-bond donors (Lipinski definition) is 2. The topological polar surface area (TPSA) is 81.4 Å². The van der Waals surface area contributed by atoms with Gasteiger partial charge in [0.2, 0.25) is 0 Å². The zero-order chi connectivity index (χ0) is 15.9. The van der Waals surface area contributed by atoms with Gasteiger partial charge in [0.25, 0.3) is 5.91 Å². The van der Waals surface area contributed by atoms with Gasteiger partial charge in [-0.05, 0) is 23.8 Å². The first-order valence-electron chi connectivity index (χ1n) is 6.59. The zero-order valence-corrected chi connectivity index (χ0v) is 12.5. The molecule has 0 aliphatic carbocycles. The van der Waals surface area contributed by atoms with Crippen LogP contribution in [0.1, 0.15) is 15.9 Å². The highest BCUT2D eigenvalue weighted by molar-refractivity contribution is 6.33. The van der Waals surface area contributed by atoms with Crippen molar-refractivity contribution in [3.63, 3.8) is 0 Å². The van der Waals surface area contributed by atoms with Crippen molar-refractivity contribution in [2.75, 3.05) is 12.3 Å². The quantitative estimate of drug-likeness (QED) is 0.655. The van der Waals surface area contributed by atoms with Crippen LogP contribution in [0.25, 0.3) is 0 Å². The second kappa shape index (κ2) is 7.47. The van der Waals surface area contributed by atoms with Crippen molar-refractivity contribution in [3.8, 4) is 0 Å². The number of carbonyl (C=O) groups is 2. The average Bonchev–Trinajstić information content (AvgIpc) is 2.54. The highest BCUT2D eigenvalue weighted by Gasteiger charge is 2.11. The summed E-state index contributed by atoms with van der Waals surface area (Å²) in [6.45, 7) is 0.0271. The Morgan fingerprint density at radius 2 is 1.86 bits per heavy atom. The number of esters is 1. The molecule has 0 radical (unpaired) electrons. The molecule has 3 N–H and O–H groups in total. The molecule has 2 aromatic rings. The number of rotatable bonds is 5.